The largest absolute Gasteiger partial charge is 0.381 e. The van der Waals surface area contributed by atoms with Crippen LogP contribution in [0.1, 0.15) is 68.4 Å². The molecule has 1 aliphatic carbocycles. The van der Waals surface area contributed by atoms with Crippen molar-refractivity contribution in [3.63, 3.8) is 0 Å². The van der Waals surface area contributed by atoms with Crippen LogP contribution in [0.5, 0.6) is 0 Å². The van der Waals surface area contributed by atoms with Crippen LogP contribution in [0.3, 0.4) is 0 Å². The van der Waals surface area contributed by atoms with Crippen molar-refractivity contribution >= 4 is 0 Å². The number of likely N-dealkylation sites (tertiary alicyclic amines) is 1. The summed E-state index contributed by atoms with van der Waals surface area (Å²) in [6.45, 7) is 6.54. The lowest BCUT2D eigenvalue weighted by Crippen LogP contribution is -2.31. The summed E-state index contributed by atoms with van der Waals surface area (Å²) in [6.07, 6.45) is 11.4. The molecule has 1 aromatic rings. The maximum absolute atomic E-state index is 5.53. The summed E-state index contributed by atoms with van der Waals surface area (Å²) in [5, 5.41) is 0. The molecular weight excluding hydrogens is 274 g/mol. The Morgan fingerprint density at radius 1 is 1.05 bits per heavy atom. The van der Waals surface area contributed by atoms with E-state index < -0.39 is 0 Å². The molecule has 1 saturated carbocycles. The highest BCUT2D eigenvalue weighted by atomic mass is 16.5. The third kappa shape index (κ3) is 2.71. The fraction of sp³-hybridized carbons (Fsp3) is 0.833. The normalized spacial score (nSPS) is 28.7. The molecule has 3 aliphatic rings. The van der Waals surface area contributed by atoms with Crippen molar-refractivity contribution in [2.24, 2.45) is 0 Å². The van der Waals surface area contributed by atoms with Crippen LogP contribution < -0.4 is 0 Å². The lowest BCUT2D eigenvalue weighted by molar-refractivity contribution is 0.0824. The monoisotopic (exact) mass is 303 g/mol. The van der Waals surface area contributed by atoms with Crippen LogP contribution in [0.2, 0.25) is 0 Å². The summed E-state index contributed by atoms with van der Waals surface area (Å²) in [5.74, 6) is 1.93. The summed E-state index contributed by atoms with van der Waals surface area (Å²) < 4.78 is 8.11. The van der Waals surface area contributed by atoms with Gasteiger partial charge in [0.2, 0.25) is 0 Å². The molecule has 4 rings (SSSR count). The van der Waals surface area contributed by atoms with Gasteiger partial charge in [0.15, 0.2) is 0 Å². The Bertz CT molecular complexity index is 500. The average Bonchev–Trinajstić information content (AvgIpc) is 3.27. The predicted octanol–water partition coefficient (Wildman–Crippen LogP) is 3.27. The van der Waals surface area contributed by atoms with E-state index in [1.807, 2.05) is 0 Å². The number of rotatable bonds is 3. The van der Waals surface area contributed by atoms with E-state index in [1.165, 1.54) is 56.7 Å². The topological polar surface area (TPSA) is 30.3 Å². The van der Waals surface area contributed by atoms with E-state index >= 15 is 0 Å². The molecule has 0 aromatic carbocycles. The second-order valence-electron chi connectivity index (χ2n) is 7.39. The first-order valence-electron chi connectivity index (χ1n) is 9.18. The number of hydrogen-bond acceptors (Lipinski definition) is 3. The summed E-state index contributed by atoms with van der Waals surface area (Å²) in [7, 11) is 0. The third-order valence-corrected chi connectivity index (χ3v) is 6.00. The second kappa shape index (κ2) is 6.32. The molecule has 2 aliphatic heterocycles. The lowest BCUT2D eigenvalue weighted by Gasteiger charge is -2.27. The second-order valence-corrected chi connectivity index (χ2v) is 7.39. The van der Waals surface area contributed by atoms with Crippen molar-refractivity contribution in [2.45, 2.75) is 69.9 Å². The first kappa shape index (κ1) is 14.7. The maximum Gasteiger partial charge on any atom is 0.112 e. The van der Waals surface area contributed by atoms with Crippen LogP contribution in [0.25, 0.3) is 0 Å². The summed E-state index contributed by atoms with van der Waals surface area (Å²) in [6, 6.07) is 1.50. The molecule has 0 radical (unpaired) electrons. The Labute approximate surface area is 133 Å². The zero-order valence-electron chi connectivity index (χ0n) is 13.8. The zero-order valence-corrected chi connectivity index (χ0v) is 13.8. The van der Waals surface area contributed by atoms with E-state index in [2.05, 4.69) is 22.6 Å². The van der Waals surface area contributed by atoms with Gasteiger partial charge in [-0.2, -0.15) is 0 Å². The van der Waals surface area contributed by atoms with Crippen molar-refractivity contribution in [1.29, 1.82) is 0 Å². The van der Waals surface area contributed by atoms with Gasteiger partial charge in [-0.3, -0.25) is 4.90 Å². The van der Waals surface area contributed by atoms with Gasteiger partial charge in [-0.25, -0.2) is 4.98 Å². The van der Waals surface area contributed by atoms with Gasteiger partial charge in [0.1, 0.15) is 5.82 Å². The number of imidazole rings is 1. The first-order valence-corrected chi connectivity index (χ1v) is 9.18. The quantitative estimate of drug-likeness (QED) is 0.858. The molecule has 1 atom stereocenters. The Kier molecular flexibility index (Phi) is 4.23. The SMILES string of the molecule is Cc1cnc(C2CCOCC2)n1C1CCN(C2CCCC2)C1. The van der Waals surface area contributed by atoms with Gasteiger partial charge in [0.25, 0.3) is 0 Å². The predicted molar refractivity (Wildman–Crippen MR) is 87.2 cm³/mol. The Morgan fingerprint density at radius 3 is 2.59 bits per heavy atom. The summed E-state index contributed by atoms with van der Waals surface area (Å²) in [4.78, 5) is 7.55. The van der Waals surface area contributed by atoms with Gasteiger partial charge < -0.3 is 9.30 Å². The van der Waals surface area contributed by atoms with Gasteiger partial charge in [-0.15, -0.1) is 0 Å². The lowest BCUT2D eigenvalue weighted by atomic mass is 9.99. The van der Waals surface area contributed by atoms with Crippen LogP contribution in [0, 0.1) is 6.92 Å². The van der Waals surface area contributed by atoms with Gasteiger partial charge in [-0.05, 0) is 39.0 Å². The van der Waals surface area contributed by atoms with Crippen molar-refractivity contribution in [1.82, 2.24) is 14.5 Å². The van der Waals surface area contributed by atoms with E-state index in [4.69, 9.17) is 9.72 Å². The fourth-order valence-electron chi connectivity index (χ4n) is 4.78. The average molecular weight is 303 g/mol. The van der Waals surface area contributed by atoms with Crippen LogP contribution in [-0.4, -0.2) is 46.8 Å². The molecule has 0 spiro atoms. The van der Waals surface area contributed by atoms with E-state index in [1.54, 1.807) is 0 Å². The van der Waals surface area contributed by atoms with Crippen LogP contribution >= 0.6 is 0 Å². The summed E-state index contributed by atoms with van der Waals surface area (Å²) >= 11 is 0. The fourth-order valence-corrected chi connectivity index (χ4v) is 4.78. The van der Waals surface area contributed by atoms with E-state index in [9.17, 15) is 0 Å². The molecule has 1 aromatic heterocycles. The van der Waals surface area contributed by atoms with Crippen LogP contribution in [0.4, 0.5) is 0 Å². The zero-order chi connectivity index (χ0) is 14.9. The first-order chi connectivity index (χ1) is 10.8. The standard InChI is InChI=1S/C18H29N3O/c1-14-12-19-18(15-7-10-22-11-8-15)21(14)17-6-9-20(13-17)16-4-2-3-5-16/h12,15-17H,2-11,13H2,1H3. The van der Waals surface area contributed by atoms with Crippen molar-refractivity contribution in [3.05, 3.63) is 17.7 Å². The number of aromatic nitrogens is 2. The van der Waals surface area contributed by atoms with E-state index in [0.29, 0.717) is 12.0 Å². The molecule has 0 bridgehead atoms. The highest BCUT2D eigenvalue weighted by molar-refractivity contribution is 5.12. The molecule has 0 N–H and O–H groups in total. The molecule has 2 saturated heterocycles. The van der Waals surface area contributed by atoms with E-state index in [0.717, 1.165) is 32.1 Å². The van der Waals surface area contributed by atoms with Crippen molar-refractivity contribution < 1.29 is 4.74 Å². The molecule has 122 valence electrons. The molecule has 3 fully saturated rings. The molecular formula is C18H29N3O. The number of ether oxygens (including phenoxy) is 1. The van der Waals surface area contributed by atoms with Gasteiger partial charge in [0.05, 0.1) is 0 Å². The highest BCUT2D eigenvalue weighted by Crippen LogP contribution is 2.34. The van der Waals surface area contributed by atoms with Gasteiger partial charge in [-0.1, -0.05) is 12.8 Å². The maximum atomic E-state index is 5.53. The molecule has 4 heteroatoms. The van der Waals surface area contributed by atoms with E-state index in [-0.39, 0.29) is 0 Å². The van der Waals surface area contributed by atoms with Crippen molar-refractivity contribution in [2.75, 3.05) is 26.3 Å². The third-order valence-electron chi connectivity index (χ3n) is 6.00. The Hall–Kier alpha value is -0.870. The van der Waals surface area contributed by atoms with Crippen LogP contribution in [-0.2, 0) is 4.74 Å². The number of nitrogens with zero attached hydrogens (tertiary/aromatic N) is 3. The number of aryl methyl sites for hydroxylation is 1. The smallest absolute Gasteiger partial charge is 0.112 e. The molecule has 22 heavy (non-hydrogen) atoms. The van der Waals surface area contributed by atoms with Gasteiger partial charge in [0, 0.05) is 56.2 Å². The Morgan fingerprint density at radius 2 is 1.82 bits per heavy atom. The molecule has 3 heterocycles. The number of hydrogen-bond donors (Lipinski definition) is 0. The minimum absolute atomic E-state index is 0.600. The minimum Gasteiger partial charge on any atom is -0.381 e. The van der Waals surface area contributed by atoms with Gasteiger partial charge >= 0.3 is 0 Å². The minimum atomic E-state index is 0.600. The summed E-state index contributed by atoms with van der Waals surface area (Å²) in [5.41, 5.74) is 1.35. The molecule has 4 nitrogen and oxygen atoms in total. The Balaban J connectivity index is 1.51. The van der Waals surface area contributed by atoms with Crippen LogP contribution in [0.15, 0.2) is 6.20 Å². The van der Waals surface area contributed by atoms with Crippen molar-refractivity contribution in [3.8, 4) is 0 Å². The molecule has 1 unspecified atom stereocenters. The highest BCUT2D eigenvalue weighted by Gasteiger charge is 2.33. The molecule has 0 amide bonds.